The standard InChI is InChI=1S/C32H38N2O5S/c1-6-21(5)33-31(36)22-8-13-29(20(4)16-22)39-32(37)30-25-17-23(35)9-11-27(25)34(14-7-15-40)28-12-10-24(18-26(28)30)38-19(2)3/h8-13,16-19,21,28,35,40H,6-7,14-15H2,1-5H3,(H,33,36). The molecule has 2 atom stereocenters. The Balaban J connectivity index is 1.75. The highest BCUT2D eigenvalue weighted by Crippen LogP contribution is 2.43. The molecule has 40 heavy (non-hydrogen) atoms. The van der Waals surface area contributed by atoms with E-state index in [0.29, 0.717) is 33.8 Å². The van der Waals surface area contributed by atoms with Gasteiger partial charge in [0.15, 0.2) is 0 Å². The topological polar surface area (TPSA) is 88.1 Å². The number of aryl methyl sites for hydroxylation is 1. The van der Waals surface area contributed by atoms with Crippen LogP contribution in [0.15, 0.2) is 66.0 Å². The van der Waals surface area contributed by atoms with E-state index < -0.39 is 5.97 Å². The van der Waals surface area contributed by atoms with E-state index in [1.54, 1.807) is 37.3 Å². The van der Waals surface area contributed by atoms with Gasteiger partial charge in [0.05, 0.1) is 17.7 Å². The molecule has 0 bridgehead atoms. The van der Waals surface area contributed by atoms with Gasteiger partial charge >= 0.3 is 5.97 Å². The molecule has 2 N–H and O–H groups in total. The zero-order valence-corrected chi connectivity index (χ0v) is 24.6. The van der Waals surface area contributed by atoms with Crippen molar-refractivity contribution in [3.63, 3.8) is 0 Å². The number of anilines is 1. The molecule has 212 valence electrons. The molecular weight excluding hydrogens is 524 g/mol. The summed E-state index contributed by atoms with van der Waals surface area (Å²) in [4.78, 5) is 28.8. The van der Waals surface area contributed by atoms with Crippen molar-refractivity contribution in [1.29, 1.82) is 0 Å². The Kier molecular flexibility index (Phi) is 9.30. The fourth-order valence-corrected chi connectivity index (χ4v) is 5.03. The maximum atomic E-state index is 13.9. The van der Waals surface area contributed by atoms with E-state index in [-0.39, 0.29) is 29.8 Å². The van der Waals surface area contributed by atoms with Gasteiger partial charge in [0.2, 0.25) is 0 Å². The summed E-state index contributed by atoms with van der Waals surface area (Å²) in [5, 5.41) is 13.4. The SMILES string of the molecule is CCC(C)NC(=O)c1ccc(OC(=O)C2=C3C=C(OC(C)C)C=CC3N(CCCS)c3ccc(O)cc32)c(C)c1. The first-order chi connectivity index (χ1) is 19.1. The largest absolute Gasteiger partial charge is 0.508 e. The minimum Gasteiger partial charge on any atom is -0.508 e. The zero-order valence-electron chi connectivity index (χ0n) is 23.7. The number of esters is 1. The van der Waals surface area contributed by atoms with Gasteiger partial charge in [0.1, 0.15) is 17.3 Å². The Morgan fingerprint density at radius 1 is 1.15 bits per heavy atom. The summed E-state index contributed by atoms with van der Waals surface area (Å²) < 4.78 is 11.9. The number of carbonyl (C=O) groups excluding carboxylic acids is 2. The van der Waals surface area contributed by atoms with Crippen molar-refractivity contribution in [2.75, 3.05) is 17.2 Å². The minimum atomic E-state index is -0.545. The molecule has 1 heterocycles. The molecule has 7 nitrogen and oxygen atoms in total. The lowest BCUT2D eigenvalue weighted by Gasteiger charge is -2.40. The van der Waals surface area contributed by atoms with Crippen LogP contribution in [0.3, 0.4) is 0 Å². The van der Waals surface area contributed by atoms with E-state index in [1.807, 2.05) is 52.0 Å². The Hall–Kier alpha value is -3.65. The Labute approximate surface area is 242 Å². The third kappa shape index (κ3) is 6.39. The maximum absolute atomic E-state index is 13.9. The molecule has 2 aromatic carbocycles. The van der Waals surface area contributed by atoms with E-state index in [9.17, 15) is 14.7 Å². The number of hydrogen-bond donors (Lipinski definition) is 3. The molecule has 2 aromatic rings. The molecule has 0 radical (unpaired) electrons. The lowest BCUT2D eigenvalue weighted by atomic mass is 9.85. The zero-order chi connectivity index (χ0) is 29.0. The molecule has 0 saturated carbocycles. The first-order valence-electron chi connectivity index (χ1n) is 13.8. The van der Waals surface area contributed by atoms with Gasteiger partial charge in [-0.3, -0.25) is 4.79 Å². The number of thiol groups is 1. The molecule has 0 saturated heterocycles. The minimum absolute atomic E-state index is 0.0395. The summed E-state index contributed by atoms with van der Waals surface area (Å²) in [7, 11) is 0. The van der Waals surface area contributed by atoms with Gasteiger partial charge in [0.25, 0.3) is 5.91 Å². The van der Waals surface area contributed by atoms with Gasteiger partial charge in [-0.05, 0) is 106 Å². The molecule has 0 spiro atoms. The second-order valence-corrected chi connectivity index (χ2v) is 10.9. The fraction of sp³-hybridized carbons (Fsp3) is 0.375. The first kappa shape index (κ1) is 29.3. The maximum Gasteiger partial charge on any atom is 0.344 e. The third-order valence-corrected chi connectivity index (χ3v) is 7.32. The van der Waals surface area contributed by atoms with Crippen LogP contribution in [0.25, 0.3) is 5.57 Å². The van der Waals surface area contributed by atoms with Crippen molar-refractivity contribution in [2.45, 2.75) is 65.6 Å². The van der Waals surface area contributed by atoms with Gasteiger partial charge in [-0.25, -0.2) is 4.79 Å². The monoisotopic (exact) mass is 562 g/mol. The summed E-state index contributed by atoms with van der Waals surface area (Å²) in [5.41, 5.74) is 3.70. The number of fused-ring (bicyclic) bond motifs is 2. The number of amides is 1. The van der Waals surface area contributed by atoms with Gasteiger partial charge in [-0.15, -0.1) is 0 Å². The predicted molar refractivity (Wildman–Crippen MR) is 162 cm³/mol. The number of aromatic hydroxyl groups is 1. The van der Waals surface area contributed by atoms with Crippen molar-refractivity contribution in [2.24, 2.45) is 0 Å². The summed E-state index contributed by atoms with van der Waals surface area (Å²) in [6, 6.07) is 9.94. The molecule has 4 rings (SSSR count). The molecule has 8 heteroatoms. The van der Waals surface area contributed by atoms with Crippen molar-refractivity contribution in [3.05, 3.63) is 82.6 Å². The Morgan fingerprint density at radius 2 is 1.93 bits per heavy atom. The summed E-state index contributed by atoms with van der Waals surface area (Å²) in [6.45, 7) is 10.4. The van der Waals surface area contributed by atoms with Gasteiger partial charge in [-0.1, -0.05) is 13.0 Å². The molecule has 1 amide bonds. The van der Waals surface area contributed by atoms with E-state index in [2.05, 4.69) is 22.8 Å². The summed E-state index contributed by atoms with van der Waals surface area (Å²) in [6.07, 6.45) is 7.49. The van der Waals surface area contributed by atoms with Crippen molar-refractivity contribution in [3.8, 4) is 11.5 Å². The number of rotatable bonds is 10. The summed E-state index contributed by atoms with van der Waals surface area (Å²) in [5.74, 6) is 1.07. The number of benzene rings is 2. The van der Waals surface area contributed by atoms with Gasteiger partial charge < -0.3 is 24.8 Å². The quantitative estimate of drug-likeness (QED) is 0.188. The number of ether oxygens (including phenoxy) is 2. The molecular formula is C32H38N2O5S. The number of phenols is 1. The molecule has 1 aliphatic carbocycles. The summed E-state index contributed by atoms with van der Waals surface area (Å²) >= 11 is 4.41. The van der Waals surface area contributed by atoms with Crippen LogP contribution in [-0.2, 0) is 9.53 Å². The number of nitrogens with zero attached hydrogens (tertiary/aromatic N) is 1. The van der Waals surface area contributed by atoms with E-state index in [1.165, 1.54) is 0 Å². The predicted octanol–water partition coefficient (Wildman–Crippen LogP) is 5.98. The third-order valence-electron chi connectivity index (χ3n) is 7.01. The van der Waals surface area contributed by atoms with Crippen LogP contribution < -0.4 is 15.0 Å². The first-order valence-corrected chi connectivity index (χ1v) is 14.4. The van der Waals surface area contributed by atoms with Crippen LogP contribution in [-0.4, -0.2) is 47.5 Å². The smallest absolute Gasteiger partial charge is 0.344 e. The van der Waals surface area contributed by atoms with Crippen LogP contribution >= 0.6 is 12.6 Å². The lowest BCUT2D eigenvalue weighted by molar-refractivity contribution is -0.128. The van der Waals surface area contributed by atoms with Crippen molar-refractivity contribution < 1.29 is 24.2 Å². The van der Waals surface area contributed by atoms with Gasteiger partial charge in [-0.2, -0.15) is 12.6 Å². The van der Waals surface area contributed by atoms with Crippen molar-refractivity contribution >= 4 is 35.8 Å². The lowest BCUT2D eigenvalue weighted by Crippen LogP contribution is -2.41. The number of nitrogens with one attached hydrogen (secondary N) is 1. The highest BCUT2D eigenvalue weighted by Gasteiger charge is 2.36. The average molecular weight is 563 g/mol. The second-order valence-electron chi connectivity index (χ2n) is 10.5. The number of allylic oxidation sites excluding steroid dienone is 1. The number of hydrogen-bond acceptors (Lipinski definition) is 7. The molecule has 2 unspecified atom stereocenters. The molecule has 0 aromatic heterocycles. The van der Waals surface area contributed by atoms with E-state index in [4.69, 9.17) is 9.47 Å². The van der Waals surface area contributed by atoms with Crippen LogP contribution in [0.1, 0.15) is 62.0 Å². The molecule has 1 aliphatic heterocycles. The second kappa shape index (κ2) is 12.7. The highest BCUT2D eigenvalue weighted by atomic mass is 32.1. The van der Waals surface area contributed by atoms with Crippen molar-refractivity contribution in [1.82, 2.24) is 5.32 Å². The van der Waals surface area contributed by atoms with Crippen LogP contribution in [0.4, 0.5) is 5.69 Å². The highest BCUT2D eigenvalue weighted by molar-refractivity contribution is 7.80. The Bertz CT molecular complexity index is 1380. The van der Waals surface area contributed by atoms with Crippen LogP contribution in [0, 0.1) is 6.92 Å². The van der Waals surface area contributed by atoms with E-state index >= 15 is 0 Å². The normalized spacial score (nSPS) is 16.7. The van der Waals surface area contributed by atoms with Crippen LogP contribution in [0.5, 0.6) is 11.5 Å². The van der Waals surface area contributed by atoms with E-state index in [0.717, 1.165) is 36.4 Å². The fourth-order valence-electron chi connectivity index (χ4n) is 4.89. The Morgan fingerprint density at radius 3 is 2.60 bits per heavy atom. The van der Waals surface area contributed by atoms with Gasteiger partial charge in [0, 0.05) is 29.4 Å². The number of carbonyl (C=O) groups is 2. The molecule has 2 aliphatic rings. The average Bonchev–Trinajstić information content (AvgIpc) is 2.91. The van der Waals surface area contributed by atoms with Crippen LogP contribution in [0.2, 0.25) is 0 Å². The molecule has 0 fully saturated rings. The number of phenolic OH excluding ortho intramolecular Hbond substituents is 1.